The molecule has 0 aliphatic rings. The molecule has 288 valence electrons. The lowest BCUT2D eigenvalue weighted by Gasteiger charge is -2.24. The van der Waals surface area contributed by atoms with Crippen molar-refractivity contribution in [1.29, 1.82) is 0 Å². The third-order valence-corrected chi connectivity index (χ3v) is 9.30. The molecule has 0 rings (SSSR count). The van der Waals surface area contributed by atoms with Crippen LogP contribution in [0.3, 0.4) is 0 Å². The summed E-state index contributed by atoms with van der Waals surface area (Å²) in [6.07, 6.45) is 21.4. The Labute approximate surface area is 301 Å². The summed E-state index contributed by atoms with van der Waals surface area (Å²) in [6, 6.07) is 0. The number of likely N-dealkylation sites (N-methyl/N-ethyl adjacent to an activating group) is 1. The molecule has 0 fully saturated rings. The summed E-state index contributed by atoms with van der Waals surface area (Å²) in [4.78, 5) is 55.6. The first-order valence-electron chi connectivity index (χ1n) is 20.2. The Balaban J connectivity index is 5.31. The van der Waals surface area contributed by atoms with Crippen molar-refractivity contribution in [3.05, 3.63) is 0 Å². The van der Waals surface area contributed by atoms with E-state index in [-0.39, 0.29) is 74.7 Å². The molecule has 0 saturated heterocycles. The fourth-order valence-corrected chi connectivity index (χ4v) is 6.03. The average Bonchev–Trinajstić information content (AvgIpc) is 3.08. The van der Waals surface area contributed by atoms with Crippen molar-refractivity contribution >= 4 is 23.8 Å². The molecule has 2 amide bonds. The molecule has 0 aromatic heterocycles. The smallest absolute Gasteiger partial charge is 0.308 e. The van der Waals surface area contributed by atoms with Crippen LogP contribution in [0, 0.1) is 11.8 Å². The Morgan fingerprint density at radius 1 is 0.531 bits per heavy atom. The van der Waals surface area contributed by atoms with E-state index in [0.717, 1.165) is 109 Å². The number of hydrogen-bond acceptors (Lipinski definition) is 7. The first kappa shape index (κ1) is 46.8. The highest BCUT2D eigenvalue weighted by molar-refractivity contribution is 5.83. The molecule has 0 aliphatic heterocycles. The number of hydrogen-bond donors (Lipinski definition) is 1. The van der Waals surface area contributed by atoms with E-state index in [0.29, 0.717) is 6.54 Å². The van der Waals surface area contributed by atoms with Crippen molar-refractivity contribution in [2.24, 2.45) is 11.8 Å². The van der Waals surface area contributed by atoms with Crippen LogP contribution < -0.4 is 5.32 Å². The van der Waals surface area contributed by atoms with Crippen molar-refractivity contribution < 1.29 is 28.7 Å². The van der Waals surface area contributed by atoms with Gasteiger partial charge >= 0.3 is 11.9 Å². The third-order valence-electron chi connectivity index (χ3n) is 9.30. The maximum atomic E-state index is 13.3. The molecule has 0 unspecified atom stereocenters. The quantitative estimate of drug-likeness (QED) is 0.0532. The SMILES string of the molecule is CCCCCCC(CCCCCC)C(=O)OCCN(CCOC(=O)C(CCCCCC)CCCCCC)C(=O)CCC(=O)NCCN(C)C. The molecule has 0 atom stereocenters. The molecule has 0 aromatic carbocycles. The lowest BCUT2D eigenvalue weighted by Crippen LogP contribution is -2.39. The topological polar surface area (TPSA) is 105 Å². The van der Waals surface area contributed by atoms with Gasteiger partial charge in [-0.25, -0.2) is 0 Å². The van der Waals surface area contributed by atoms with Gasteiger partial charge in [-0.05, 0) is 39.8 Å². The van der Waals surface area contributed by atoms with Crippen LogP contribution >= 0.6 is 0 Å². The Hall–Kier alpha value is -2.16. The molecular formula is C40H77N3O6. The van der Waals surface area contributed by atoms with Crippen LogP contribution in [0.15, 0.2) is 0 Å². The van der Waals surface area contributed by atoms with Gasteiger partial charge in [0.1, 0.15) is 13.2 Å². The van der Waals surface area contributed by atoms with Crippen LogP contribution in [0.4, 0.5) is 0 Å². The Morgan fingerprint density at radius 2 is 0.918 bits per heavy atom. The number of nitrogens with one attached hydrogen (secondary N) is 1. The molecule has 0 heterocycles. The Morgan fingerprint density at radius 3 is 1.27 bits per heavy atom. The molecule has 0 bridgehead atoms. The number of carbonyl (C=O) groups is 4. The van der Waals surface area contributed by atoms with Gasteiger partial charge in [0, 0.05) is 25.9 Å². The largest absolute Gasteiger partial charge is 0.464 e. The van der Waals surface area contributed by atoms with E-state index in [1.54, 1.807) is 4.90 Å². The van der Waals surface area contributed by atoms with Gasteiger partial charge in [-0.3, -0.25) is 19.2 Å². The zero-order valence-corrected chi connectivity index (χ0v) is 32.8. The van der Waals surface area contributed by atoms with Gasteiger partial charge in [0.25, 0.3) is 0 Å². The minimum Gasteiger partial charge on any atom is -0.464 e. The molecule has 0 aliphatic carbocycles. The predicted molar refractivity (Wildman–Crippen MR) is 201 cm³/mol. The van der Waals surface area contributed by atoms with Gasteiger partial charge in [-0.15, -0.1) is 0 Å². The number of amides is 2. The Bertz CT molecular complexity index is 767. The molecule has 9 nitrogen and oxygen atoms in total. The first-order valence-corrected chi connectivity index (χ1v) is 20.2. The highest BCUT2D eigenvalue weighted by Gasteiger charge is 2.23. The van der Waals surface area contributed by atoms with Gasteiger partial charge in [0.15, 0.2) is 0 Å². The van der Waals surface area contributed by atoms with Crippen LogP contribution in [-0.4, -0.2) is 87.0 Å². The summed E-state index contributed by atoms with van der Waals surface area (Å²) < 4.78 is 11.5. The van der Waals surface area contributed by atoms with Crippen LogP contribution in [0.5, 0.6) is 0 Å². The number of esters is 2. The van der Waals surface area contributed by atoms with Gasteiger partial charge in [-0.2, -0.15) is 0 Å². The van der Waals surface area contributed by atoms with Crippen LogP contribution in [0.25, 0.3) is 0 Å². The van der Waals surface area contributed by atoms with Gasteiger partial charge < -0.3 is 24.6 Å². The van der Waals surface area contributed by atoms with Gasteiger partial charge in [-0.1, -0.05) is 130 Å². The van der Waals surface area contributed by atoms with Crippen LogP contribution in [0.2, 0.25) is 0 Å². The van der Waals surface area contributed by atoms with E-state index in [1.807, 2.05) is 19.0 Å². The maximum absolute atomic E-state index is 13.3. The second kappa shape index (κ2) is 33.0. The lowest BCUT2D eigenvalue weighted by molar-refractivity contribution is -0.152. The summed E-state index contributed by atoms with van der Waals surface area (Å²) in [7, 11) is 3.88. The standard InChI is InChI=1S/C40H77N3O6/c1-7-11-15-19-23-35(24-20-16-12-8-2)39(46)48-33-31-43(38(45)28-27-37(44)41-29-30-42(5)6)32-34-49-40(47)36(25-21-17-13-9-3)26-22-18-14-10-4/h35-36H,7-34H2,1-6H3,(H,41,44). The summed E-state index contributed by atoms with van der Waals surface area (Å²) in [6.45, 7) is 10.6. The van der Waals surface area contributed by atoms with Crippen LogP contribution in [0.1, 0.15) is 169 Å². The van der Waals surface area contributed by atoms with Gasteiger partial charge in [0.2, 0.25) is 11.8 Å². The molecule has 0 aromatic rings. The minimum atomic E-state index is -0.207. The molecule has 9 heteroatoms. The number of rotatable bonds is 34. The van der Waals surface area contributed by atoms with Crippen molar-refractivity contribution in [3.8, 4) is 0 Å². The summed E-state index contributed by atoms with van der Waals surface area (Å²) in [5, 5.41) is 2.86. The number of nitrogens with zero attached hydrogens (tertiary/aromatic N) is 2. The number of carbonyl (C=O) groups excluding carboxylic acids is 4. The fourth-order valence-electron chi connectivity index (χ4n) is 6.03. The zero-order valence-electron chi connectivity index (χ0n) is 32.8. The van der Waals surface area contributed by atoms with Crippen molar-refractivity contribution in [2.45, 2.75) is 169 Å². The van der Waals surface area contributed by atoms with Gasteiger partial charge in [0.05, 0.1) is 24.9 Å². The highest BCUT2D eigenvalue weighted by atomic mass is 16.5. The molecule has 0 radical (unpaired) electrons. The second-order valence-electron chi connectivity index (χ2n) is 14.2. The van der Waals surface area contributed by atoms with E-state index in [9.17, 15) is 19.2 Å². The lowest BCUT2D eigenvalue weighted by atomic mass is 9.94. The predicted octanol–water partition coefficient (Wildman–Crippen LogP) is 8.47. The van der Waals surface area contributed by atoms with Crippen molar-refractivity contribution in [3.63, 3.8) is 0 Å². The van der Waals surface area contributed by atoms with Crippen molar-refractivity contribution in [1.82, 2.24) is 15.1 Å². The highest BCUT2D eigenvalue weighted by Crippen LogP contribution is 2.21. The van der Waals surface area contributed by atoms with E-state index in [1.165, 1.54) is 25.7 Å². The molecule has 1 N–H and O–H groups in total. The maximum Gasteiger partial charge on any atom is 0.308 e. The third kappa shape index (κ3) is 27.3. The zero-order chi connectivity index (χ0) is 36.5. The van der Waals surface area contributed by atoms with E-state index in [4.69, 9.17) is 9.47 Å². The van der Waals surface area contributed by atoms with Crippen LogP contribution in [-0.2, 0) is 28.7 Å². The summed E-state index contributed by atoms with van der Waals surface area (Å²) in [5.41, 5.74) is 0. The minimum absolute atomic E-state index is 0.0463. The monoisotopic (exact) mass is 696 g/mol. The molecule has 0 spiro atoms. The first-order chi connectivity index (χ1) is 23.7. The fraction of sp³-hybridized carbons (Fsp3) is 0.900. The summed E-state index contributed by atoms with van der Waals surface area (Å²) in [5.74, 6) is -0.966. The Kier molecular flexibility index (Phi) is 31.6. The summed E-state index contributed by atoms with van der Waals surface area (Å²) >= 11 is 0. The molecular weight excluding hydrogens is 618 g/mol. The second-order valence-corrected chi connectivity index (χ2v) is 14.2. The number of unbranched alkanes of at least 4 members (excludes halogenated alkanes) is 12. The van der Waals surface area contributed by atoms with E-state index >= 15 is 0 Å². The number of ether oxygens (including phenoxy) is 2. The average molecular weight is 696 g/mol. The van der Waals surface area contributed by atoms with Crippen molar-refractivity contribution in [2.75, 3.05) is 53.5 Å². The van der Waals surface area contributed by atoms with E-state index < -0.39 is 0 Å². The molecule has 49 heavy (non-hydrogen) atoms. The molecule has 0 saturated carbocycles. The normalized spacial score (nSPS) is 11.4. The van der Waals surface area contributed by atoms with E-state index in [2.05, 4.69) is 33.0 Å².